The van der Waals surface area contributed by atoms with Crippen LogP contribution in [0.1, 0.15) is 11.3 Å². The van der Waals surface area contributed by atoms with Crippen molar-refractivity contribution in [1.82, 2.24) is 9.38 Å². The minimum Gasteiger partial charge on any atom is -0.487 e. The molecule has 0 fully saturated rings. The van der Waals surface area contributed by atoms with Crippen molar-refractivity contribution in [3.63, 3.8) is 0 Å². The number of pyridine rings is 1. The van der Waals surface area contributed by atoms with Crippen LogP contribution in [0, 0.1) is 6.92 Å². The number of nitrogens with zero attached hydrogens (tertiary/aromatic N) is 2. The zero-order chi connectivity index (χ0) is 12.4. The Morgan fingerprint density at radius 2 is 1.94 bits per heavy atom. The van der Waals surface area contributed by atoms with E-state index in [9.17, 15) is 0 Å². The number of rotatable bonds is 3. The van der Waals surface area contributed by atoms with E-state index < -0.39 is 0 Å². The van der Waals surface area contributed by atoms with Crippen LogP contribution in [0.15, 0.2) is 54.9 Å². The average Bonchev–Trinajstić information content (AvgIpc) is 2.82. The molecule has 3 aromatic rings. The Labute approximate surface area is 106 Å². The maximum Gasteiger partial charge on any atom is 0.136 e. The minimum absolute atomic E-state index is 0.522. The molecular weight excluding hydrogens is 224 g/mol. The number of fused-ring (bicyclic) bond motifs is 1. The van der Waals surface area contributed by atoms with E-state index in [0.29, 0.717) is 6.61 Å². The molecule has 3 rings (SSSR count). The lowest BCUT2D eigenvalue weighted by Gasteiger charge is -2.06. The minimum atomic E-state index is 0.522. The van der Waals surface area contributed by atoms with Crippen molar-refractivity contribution < 1.29 is 4.74 Å². The lowest BCUT2D eigenvalue weighted by Crippen LogP contribution is -1.99. The van der Waals surface area contributed by atoms with Crippen LogP contribution in [-0.4, -0.2) is 9.38 Å². The quantitative estimate of drug-likeness (QED) is 0.700. The van der Waals surface area contributed by atoms with Crippen molar-refractivity contribution in [3.05, 3.63) is 66.1 Å². The predicted octanol–water partition coefficient (Wildman–Crippen LogP) is 3.22. The highest BCUT2D eigenvalue weighted by atomic mass is 16.5. The smallest absolute Gasteiger partial charge is 0.136 e. The van der Waals surface area contributed by atoms with Gasteiger partial charge in [-0.2, -0.15) is 0 Å². The van der Waals surface area contributed by atoms with E-state index in [-0.39, 0.29) is 0 Å². The largest absolute Gasteiger partial charge is 0.487 e. The lowest BCUT2D eigenvalue weighted by molar-refractivity contribution is 0.300. The van der Waals surface area contributed by atoms with Crippen molar-refractivity contribution in [2.75, 3.05) is 0 Å². The molecule has 90 valence electrons. The van der Waals surface area contributed by atoms with E-state index >= 15 is 0 Å². The van der Waals surface area contributed by atoms with Gasteiger partial charge in [-0.3, -0.25) is 0 Å². The Morgan fingerprint density at radius 1 is 1.11 bits per heavy atom. The molecule has 1 aromatic carbocycles. The maximum atomic E-state index is 5.75. The van der Waals surface area contributed by atoms with Gasteiger partial charge in [0.15, 0.2) is 0 Å². The molecule has 0 aliphatic rings. The van der Waals surface area contributed by atoms with E-state index in [1.165, 1.54) is 5.56 Å². The zero-order valence-corrected chi connectivity index (χ0v) is 10.2. The van der Waals surface area contributed by atoms with Gasteiger partial charge in [0, 0.05) is 6.20 Å². The second kappa shape index (κ2) is 4.53. The molecule has 3 heteroatoms. The van der Waals surface area contributed by atoms with Gasteiger partial charge in [0.05, 0.1) is 11.9 Å². The van der Waals surface area contributed by atoms with Gasteiger partial charge in [0.1, 0.15) is 18.0 Å². The molecule has 18 heavy (non-hydrogen) atoms. The van der Waals surface area contributed by atoms with Gasteiger partial charge >= 0.3 is 0 Å². The standard InChI is InChI=1S/C15H14N2O/c1-12-5-7-14(8-6-12)18-11-13-10-16-15-4-2-3-9-17(13)15/h2-10H,11H2,1H3. The fourth-order valence-corrected chi connectivity index (χ4v) is 1.88. The summed E-state index contributed by atoms with van der Waals surface area (Å²) in [5, 5.41) is 0. The highest BCUT2D eigenvalue weighted by Gasteiger charge is 2.02. The summed E-state index contributed by atoms with van der Waals surface area (Å²) >= 11 is 0. The SMILES string of the molecule is Cc1ccc(OCc2cnc3ccccn23)cc1. The average molecular weight is 238 g/mol. The molecule has 0 N–H and O–H groups in total. The molecule has 0 atom stereocenters. The van der Waals surface area contributed by atoms with E-state index in [1.54, 1.807) is 0 Å². The van der Waals surface area contributed by atoms with Crippen LogP contribution in [-0.2, 0) is 6.61 Å². The molecule has 0 saturated heterocycles. The summed E-state index contributed by atoms with van der Waals surface area (Å²) in [4.78, 5) is 4.33. The molecule has 0 unspecified atom stereocenters. The molecule has 0 aliphatic heterocycles. The summed E-state index contributed by atoms with van der Waals surface area (Å²) in [5.41, 5.74) is 3.23. The van der Waals surface area contributed by atoms with Crippen molar-refractivity contribution in [1.29, 1.82) is 0 Å². The number of hydrogen-bond acceptors (Lipinski definition) is 2. The van der Waals surface area contributed by atoms with Crippen LogP contribution in [0.3, 0.4) is 0 Å². The first kappa shape index (κ1) is 10.8. The van der Waals surface area contributed by atoms with Gasteiger partial charge < -0.3 is 9.14 Å². The first-order chi connectivity index (χ1) is 8.83. The summed E-state index contributed by atoms with van der Waals surface area (Å²) in [5.74, 6) is 0.881. The van der Waals surface area contributed by atoms with Crippen molar-refractivity contribution >= 4 is 5.65 Å². The van der Waals surface area contributed by atoms with E-state index in [1.807, 2.05) is 59.3 Å². The summed E-state index contributed by atoms with van der Waals surface area (Å²) in [7, 11) is 0. The molecule has 0 radical (unpaired) electrons. The van der Waals surface area contributed by atoms with Gasteiger partial charge in [-0.05, 0) is 31.2 Å². The Hall–Kier alpha value is -2.29. The normalized spacial score (nSPS) is 10.7. The fourth-order valence-electron chi connectivity index (χ4n) is 1.88. The number of benzene rings is 1. The lowest BCUT2D eigenvalue weighted by atomic mass is 10.2. The molecule has 3 nitrogen and oxygen atoms in total. The van der Waals surface area contributed by atoms with E-state index in [4.69, 9.17) is 4.74 Å². The Morgan fingerprint density at radius 3 is 2.78 bits per heavy atom. The van der Waals surface area contributed by atoms with Gasteiger partial charge in [-0.1, -0.05) is 23.8 Å². The highest BCUT2D eigenvalue weighted by molar-refractivity contribution is 5.39. The first-order valence-corrected chi connectivity index (χ1v) is 5.93. The van der Waals surface area contributed by atoms with Crippen LogP contribution in [0.4, 0.5) is 0 Å². The molecule has 0 spiro atoms. The van der Waals surface area contributed by atoms with Crippen molar-refractivity contribution in [3.8, 4) is 5.75 Å². The van der Waals surface area contributed by atoms with Crippen LogP contribution >= 0.6 is 0 Å². The van der Waals surface area contributed by atoms with Crippen LogP contribution < -0.4 is 4.74 Å². The molecular formula is C15H14N2O. The third-order valence-corrected chi connectivity index (χ3v) is 2.90. The van der Waals surface area contributed by atoms with E-state index in [2.05, 4.69) is 11.9 Å². The molecule has 2 heterocycles. The Bertz CT molecular complexity index is 656. The van der Waals surface area contributed by atoms with Crippen LogP contribution in [0.5, 0.6) is 5.75 Å². The molecule has 2 aromatic heterocycles. The predicted molar refractivity (Wildman–Crippen MR) is 70.7 cm³/mol. The summed E-state index contributed by atoms with van der Waals surface area (Å²) in [6, 6.07) is 14.0. The second-order valence-electron chi connectivity index (χ2n) is 4.28. The number of imidazole rings is 1. The van der Waals surface area contributed by atoms with Crippen LogP contribution in [0.25, 0.3) is 5.65 Å². The number of hydrogen-bond donors (Lipinski definition) is 0. The van der Waals surface area contributed by atoms with Gasteiger partial charge in [0.2, 0.25) is 0 Å². The summed E-state index contributed by atoms with van der Waals surface area (Å²) in [6.45, 7) is 2.59. The number of ether oxygens (including phenoxy) is 1. The molecule has 0 saturated carbocycles. The van der Waals surface area contributed by atoms with Gasteiger partial charge in [0.25, 0.3) is 0 Å². The third kappa shape index (κ3) is 2.07. The maximum absolute atomic E-state index is 5.75. The van der Waals surface area contributed by atoms with Crippen molar-refractivity contribution in [2.45, 2.75) is 13.5 Å². The monoisotopic (exact) mass is 238 g/mol. The zero-order valence-electron chi connectivity index (χ0n) is 10.2. The second-order valence-corrected chi connectivity index (χ2v) is 4.28. The third-order valence-electron chi connectivity index (χ3n) is 2.90. The topological polar surface area (TPSA) is 26.5 Å². The first-order valence-electron chi connectivity index (χ1n) is 5.93. The van der Waals surface area contributed by atoms with Gasteiger partial charge in [-0.15, -0.1) is 0 Å². The number of aromatic nitrogens is 2. The van der Waals surface area contributed by atoms with Crippen molar-refractivity contribution in [2.24, 2.45) is 0 Å². The summed E-state index contributed by atoms with van der Waals surface area (Å²) in [6.07, 6.45) is 3.85. The van der Waals surface area contributed by atoms with Gasteiger partial charge in [-0.25, -0.2) is 4.98 Å². The van der Waals surface area contributed by atoms with Crippen LogP contribution in [0.2, 0.25) is 0 Å². The molecule has 0 aliphatic carbocycles. The Kier molecular flexibility index (Phi) is 2.73. The summed E-state index contributed by atoms with van der Waals surface area (Å²) < 4.78 is 7.79. The fraction of sp³-hybridized carbons (Fsp3) is 0.133. The molecule has 0 amide bonds. The highest BCUT2D eigenvalue weighted by Crippen LogP contribution is 2.14. The Balaban J connectivity index is 1.79. The number of aryl methyl sites for hydroxylation is 1. The van der Waals surface area contributed by atoms with E-state index in [0.717, 1.165) is 17.1 Å². The molecule has 0 bridgehead atoms.